The summed E-state index contributed by atoms with van der Waals surface area (Å²) in [6.07, 6.45) is 7.03. The van der Waals surface area contributed by atoms with Crippen LogP contribution in [0.25, 0.3) is 10.9 Å². The van der Waals surface area contributed by atoms with Crippen molar-refractivity contribution in [3.8, 4) is 11.9 Å². The van der Waals surface area contributed by atoms with E-state index in [0.29, 0.717) is 11.4 Å². The van der Waals surface area contributed by atoms with Gasteiger partial charge < -0.3 is 19.1 Å². The maximum atomic E-state index is 12.0. The highest BCUT2D eigenvalue weighted by Crippen LogP contribution is 2.51. The van der Waals surface area contributed by atoms with Crippen molar-refractivity contribution in [2.75, 3.05) is 27.3 Å². The molecule has 2 atom stereocenters. The van der Waals surface area contributed by atoms with Crippen molar-refractivity contribution >= 4 is 10.9 Å². The molecule has 2 aliphatic rings. The number of aromatic nitrogens is 3. The molecule has 1 aliphatic carbocycles. The molecular formula is C24H30N4O3. The van der Waals surface area contributed by atoms with E-state index in [9.17, 15) is 5.11 Å². The molecule has 3 aromatic rings. The van der Waals surface area contributed by atoms with Crippen molar-refractivity contribution in [2.45, 2.75) is 31.4 Å². The highest BCUT2D eigenvalue weighted by Gasteiger charge is 2.53. The summed E-state index contributed by atoms with van der Waals surface area (Å²) in [5.74, 6) is 0.635. The Morgan fingerprint density at radius 1 is 1.13 bits per heavy atom. The first-order valence-corrected chi connectivity index (χ1v) is 11.0. The fourth-order valence-corrected chi connectivity index (χ4v) is 5.78. The van der Waals surface area contributed by atoms with Gasteiger partial charge in [-0.15, -0.1) is 0 Å². The van der Waals surface area contributed by atoms with Crippen LogP contribution in [-0.2, 0) is 19.2 Å². The van der Waals surface area contributed by atoms with Crippen LogP contribution >= 0.6 is 0 Å². The van der Waals surface area contributed by atoms with Gasteiger partial charge in [0.05, 0.1) is 19.8 Å². The van der Waals surface area contributed by atoms with Gasteiger partial charge in [0.25, 0.3) is 0 Å². The van der Waals surface area contributed by atoms with E-state index in [4.69, 9.17) is 9.47 Å². The Morgan fingerprint density at radius 3 is 2.58 bits per heavy atom. The van der Waals surface area contributed by atoms with Gasteiger partial charge >= 0.3 is 6.01 Å². The molecule has 1 aliphatic heterocycles. The lowest BCUT2D eigenvalue weighted by atomic mass is 9.63. The van der Waals surface area contributed by atoms with E-state index in [-0.39, 0.29) is 17.8 Å². The van der Waals surface area contributed by atoms with Crippen molar-refractivity contribution in [2.24, 2.45) is 18.9 Å². The summed E-state index contributed by atoms with van der Waals surface area (Å²) in [4.78, 5) is 11.1. The third-order valence-corrected chi connectivity index (χ3v) is 7.22. The zero-order valence-corrected chi connectivity index (χ0v) is 18.4. The highest BCUT2D eigenvalue weighted by atomic mass is 16.5. The average molecular weight is 423 g/mol. The summed E-state index contributed by atoms with van der Waals surface area (Å²) in [7, 11) is 5.22. The van der Waals surface area contributed by atoms with E-state index in [0.717, 1.165) is 38.9 Å². The predicted molar refractivity (Wildman–Crippen MR) is 118 cm³/mol. The summed E-state index contributed by atoms with van der Waals surface area (Å²) >= 11 is 0. The number of rotatable bonds is 5. The number of piperidine rings is 1. The quantitative estimate of drug-likeness (QED) is 0.681. The van der Waals surface area contributed by atoms with Gasteiger partial charge in [-0.3, -0.25) is 4.90 Å². The van der Waals surface area contributed by atoms with Gasteiger partial charge in [-0.2, -0.15) is 4.98 Å². The fourth-order valence-electron chi connectivity index (χ4n) is 5.78. The molecule has 2 bridgehead atoms. The van der Waals surface area contributed by atoms with Crippen LogP contribution in [0.3, 0.4) is 0 Å². The lowest BCUT2D eigenvalue weighted by Crippen LogP contribution is -2.58. The molecule has 0 amide bonds. The highest BCUT2D eigenvalue weighted by molar-refractivity contribution is 5.83. The second-order valence-corrected chi connectivity index (χ2v) is 8.91. The summed E-state index contributed by atoms with van der Waals surface area (Å²) in [6.45, 7) is 2.57. The molecule has 7 nitrogen and oxygen atoms in total. The molecule has 2 fully saturated rings. The van der Waals surface area contributed by atoms with Crippen LogP contribution in [0.4, 0.5) is 0 Å². The first-order valence-electron chi connectivity index (χ1n) is 11.0. The number of aliphatic hydroxyl groups is 1. The predicted octanol–water partition coefficient (Wildman–Crippen LogP) is 3.11. The Hall–Kier alpha value is -2.64. The zero-order chi connectivity index (χ0) is 21.6. The number of methoxy groups -OCH3 is 2. The molecule has 1 N–H and O–H groups in total. The minimum Gasteiger partial charge on any atom is -0.481 e. The number of benzene rings is 1. The van der Waals surface area contributed by atoms with Gasteiger partial charge in [0.2, 0.25) is 5.88 Å². The summed E-state index contributed by atoms with van der Waals surface area (Å²) in [5, 5.41) is 13.3. The molecule has 1 saturated heterocycles. The normalized spacial score (nSPS) is 26.2. The van der Waals surface area contributed by atoms with Gasteiger partial charge in [0, 0.05) is 61.8 Å². The van der Waals surface area contributed by atoms with Gasteiger partial charge in [0.1, 0.15) is 5.60 Å². The number of aryl methyl sites for hydroxylation is 1. The van der Waals surface area contributed by atoms with Crippen molar-refractivity contribution in [3.63, 3.8) is 0 Å². The molecular weight excluding hydrogens is 392 g/mol. The molecule has 3 heterocycles. The number of hydrogen-bond acceptors (Lipinski definition) is 6. The minimum atomic E-state index is -0.981. The van der Waals surface area contributed by atoms with E-state index >= 15 is 0 Å². The van der Waals surface area contributed by atoms with E-state index in [1.807, 2.05) is 0 Å². The molecule has 7 heteroatoms. The third-order valence-electron chi connectivity index (χ3n) is 7.22. The van der Waals surface area contributed by atoms with Gasteiger partial charge in [-0.1, -0.05) is 24.6 Å². The summed E-state index contributed by atoms with van der Waals surface area (Å²) in [6, 6.07) is 8.81. The van der Waals surface area contributed by atoms with Crippen LogP contribution in [0.15, 0.2) is 36.7 Å². The maximum Gasteiger partial charge on any atom is 0.319 e. The van der Waals surface area contributed by atoms with Gasteiger partial charge in [-0.25, -0.2) is 4.98 Å². The monoisotopic (exact) mass is 422 g/mol. The number of hydrogen-bond donors (Lipinski definition) is 1. The number of likely N-dealkylation sites (tertiary alicyclic amines) is 1. The molecule has 164 valence electrons. The Kier molecular flexibility index (Phi) is 5.10. The lowest BCUT2D eigenvalue weighted by Gasteiger charge is -2.53. The standard InChI is InChI=1S/C24H30N4O3/c1-27-12-16(19-9-4-5-10-21(19)27)13-28-14-17-7-6-8-18(15-28)24(17,29)20-11-25-23(31-3)26-22(20)30-2/h4-5,9-12,17-18,29H,6-8,13-15H2,1-3H3. The van der Waals surface area contributed by atoms with Crippen molar-refractivity contribution < 1.29 is 14.6 Å². The smallest absolute Gasteiger partial charge is 0.319 e. The Morgan fingerprint density at radius 2 is 1.87 bits per heavy atom. The van der Waals surface area contributed by atoms with E-state index < -0.39 is 5.60 Å². The Bertz CT molecular complexity index is 1080. The SMILES string of the molecule is COc1ncc(C2(O)C3CCCC2CN(Cc2cn(C)c4ccccc24)C3)c(OC)n1. The van der Waals surface area contributed by atoms with E-state index in [2.05, 4.69) is 56.9 Å². The average Bonchev–Trinajstić information content (AvgIpc) is 3.09. The molecule has 31 heavy (non-hydrogen) atoms. The minimum absolute atomic E-state index is 0.112. The molecule has 1 saturated carbocycles. The lowest BCUT2D eigenvalue weighted by molar-refractivity contribution is -0.149. The molecule has 0 radical (unpaired) electrons. The van der Waals surface area contributed by atoms with E-state index in [1.54, 1.807) is 13.3 Å². The molecule has 5 rings (SSSR count). The zero-order valence-electron chi connectivity index (χ0n) is 18.4. The second-order valence-electron chi connectivity index (χ2n) is 8.91. The topological polar surface area (TPSA) is 72.6 Å². The van der Waals surface area contributed by atoms with Crippen molar-refractivity contribution in [1.29, 1.82) is 0 Å². The second kappa shape index (κ2) is 7.80. The molecule has 0 spiro atoms. The van der Waals surface area contributed by atoms with Crippen LogP contribution in [0.2, 0.25) is 0 Å². The number of ether oxygens (including phenoxy) is 2. The van der Waals surface area contributed by atoms with Crippen molar-refractivity contribution in [1.82, 2.24) is 19.4 Å². The fraction of sp³-hybridized carbons (Fsp3) is 0.500. The largest absolute Gasteiger partial charge is 0.481 e. The van der Waals surface area contributed by atoms with E-state index in [1.165, 1.54) is 23.6 Å². The van der Waals surface area contributed by atoms with Crippen LogP contribution < -0.4 is 9.47 Å². The van der Waals surface area contributed by atoms with Crippen LogP contribution in [-0.4, -0.2) is 51.9 Å². The Balaban J connectivity index is 1.45. The Labute approximate surface area is 182 Å². The first-order chi connectivity index (χ1) is 15.0. The molecule has 2 aromatic heterocycles. The number of para-hydroxylation sites is 1. The third kappa shape index (κ3) is 3.27. The summed E-state index contributed by atoms with van der Waals surface area (Å²) < 4.78 is 12.9. The van der Waals surface area contributed by atoms with Crippen molar-refractivity contribution in [3.05, 3.63) is 47.8 Å². The number of fused-ring (bicyclic) bond motifs is 3. The number of nitrogens with zero attached hydrogens (tertiary/aromatic N) is 4. The van der Waals surface area contributed by atoms with Crippen LogP contribution in [0.5, 0.6) is 11.9 Å². The van der Waals surface area contributed by atoms with Gasteiger partial charge in [0.15, 0.2) is 0 Å². The first kappa shape index (κ1) is 20.3. The van der Waals surface area contributed by atoms with Crippen LogP contribution in [0, 0.1) is 11.8 Å². The van der Waals surface area contributed by atoms with Gasteiger partial charge in [-0.05, 0) is 24.5 Å². The maximum absolute atomic E-state index is 12.0. The summed E-state index contributed by atoms with van der Waals surface area (Å²) in [5.41, 5.74) is 2.30. The molecule has 2 unspecified atom stereocenters. The van der Waals surface area contributed by atoms with Crippen LogP contribution in [0.1, 0.15) is 30.4 Å². The molecule has 1 aromatic carbocycles.